The molecule has 184 valence electrons. The van der Waals surface area contributed by atoms with E-state index in [-0.39, 0.29) is 24.2 Å². The Morgan fingerprint density at radius 1 is 1.20 bits per heavy atom. The fourth-order valence-corrected chi connectivity index (χ4v) is 5.90. The molecular formula is C25H26N2O8. The highest BCUT2D eigenvalue weighted by molar-refractivity contribution is 6.32. The van der Waals surface area contributed by atoms with Gasteiger partial charge in [0.2, 0.25) is 5.91 Å². The van der Waals surface area contributed by atoms with Gasteiger partial charge in [-0.1, -0.05) is 11.8 Å². The van der Waals surface area contributed by atoms with Crippen molar-refractivity contribution >= 4 is 29.0 Å². The van der Waals surface area contributed by atoms with Crippen molar-refractivity contribution in [3.63, 3.8) is 0 Å². The Labute approximate surface area is 201 Å². The molecule has 1 aromatic carbocycles. The highest BCUT2D eigenvalue weighted by atomic mass is 16.3. The number of nitrogens with two attached hydrogens (primary N) is 1. The fourth-order valence-electron chi connectivity index (χ4n) is 5.90. The predicted molar refractivity (Wildman–Crippen MR) is 120 cm³/mol. The van der Waals surface area contributed by atoms with Crippen LogP contribution < -0.4 is 5.73 Å². The summed E-state index contributed by atoms with van der Waals surface area (Å²) in [7, 11) is 3.05. The Morgan fingerprint density at radius 2 is 1.86 bits per heavy atom. The maximum Gasteiger partial charge on any atom is 0.235 e. The number of likely N-dealkylation sites (N-methyl/N-ethyl adjacent to an activating group) is 1. The van der Waals surface area contributed by atoms with Crippen LogP contribution in [-0.4, -0.2) is 81.1 Å². The molecule has 0 bridgehead atoms. The van der Waals surface area contributed by atoms with E-state index in [0.29, 0.717) is 11.1 Å². The molecule has 7 atom stereocenters. The van der Waals surface area contributed by atoms with Crippen molar-refractivity contribution < 1.29 is 39.3 Å². The third-order valence-corrected chi connectivity index (χ3v) is 7.36. The lowest BCUT2D eigenvalue weighted by Crippen LogP contribution is -2.74. The van der Waals surface area contributed by atoms with E-state index in [9.17, 15) is 39.3 Å². The largest absolute Gasteiger partial charge is 0.507 e. The van der Waals surface area contributed by atoms with E-state index in [0.717, 1.165) is 0 Å². The van der Waals surface area contributed by atoms with Gasteiger partial charge in [0, 0.05) is 11.5 Å². The quantitative estimate of drug-likeness (QED) is 0.292. The van der Waals surface area contributed by atoms with Crippen molar-refractivity contribution in [2.45, 2.75) is 37.5 Å². The molecule has 0 radical (unpaired) electrons. The molecule has 2 saturated carbocycles. The highest BCUT2D eigenvalue weighted by Crippen LogP contribution is 2.50. The van der Waals surface area contributed by atoms with Crippen LogP contribution in [0.1, 0.15) is 34.8 Å². The van der Waals surface area contributed by atoms with Gasteiger partial charge >= 0.3 is 0 Å². The van der Waals surface area contributed by atoms with Gasteiger partial charge in [-0.3, -0.25) is 28.9 Å². The molecule has 3 aliphatic carbocycles. The summed E-state index contributed by atoms with van der Waals surface area (Å²) in [6, 6.07) is 1.60. The number of Topliss-reactive ketones (excluding diaryl/α,β-unsaturated/α-hetero) is 4. The average Bonchev–Trinajstić information content (AvgIpc) is 2.75. The molecule has 0 spiro atoms. The van der Waals surface area contributed by atoms with E-state index in [1.165, 1.54) is 38.1 Å². The van der Waals surface area contributed by atoms with E-state index < -0.39 is 70.5 Å². The number of fused-ring (bicyclic) bond motifs is 3. The first-order chi connectivity index (χ1) is 16.3. The lowest BCUT2D eigenvalue weighted by atomic mass is 9.52. The SMILES string of the molecule is CC(O)C#Cc1ccc(O)c2c1C[C@H]1C[C@H]3[C@H](N(C)C)C(=O)C(C(N)=O)C(=O)[C@@]3(O)C(=O)C1C2=O. The molecule has 0 aliphatic heterocycles. The molecule has 3 unspecified atom stereocenters. The van der Waals surface area contributed by atoms with Crippen molar-refractivity contribution in [2.24, 2.45) is 29.4 Å². The van der Waals surface area contributed by atoms with E-state index in [1.807, 2.05) is 0 Å². The molecule has 0 aromatic heterocycles. The number of amides is 1. The molecule has 35 heavy (non-hydrogen) atoms. The number of nitrogens with zero attached hydrogens (tertiary/aromatic N) is 1. The standard InChI is InChI=1S/C25H26N2O8/c1-10(28)4-5-11-6-7-15(29)17-13(11)8-12-9-14-19(27(2)3)21(31)18(24(26)34)23(33)25(14,35)22(32)16(12)20(17)30/h6-7,10,12,14,16,18-19,28-29,35H,8-9H2,1-3H3,(H2,26,34)/t10?,12-,14-,16?,18?,19-,25-/m0/s1. The van der Waals surface area contributed by atoms with E-state index >= 15 is 0 Å². The van der Waals surface area contributed by atoms with Crippen LogP contribution in [0.4, 0.5) is 0 Å². The zero-order valence-electron chi connectivity index (χ0n) is 19.4. The van der Waals surface area contributed by atoms with E-state index in [2.05, 4.69) is 11.8 Å². The van der Waals surface area contributed by atoms with Crippen LogP contribution >= 0.6 is 0 Å². The Balaban J connectivity index is 1.87. The Bertz CT molecular complexity index is 1240. The zero-order chi connectivity index (χ0) is 26.0. The van der Waals surface area contributed by atoms with Crippen LogP contribution in [0.3, 0.4) is 0 Å². The maximum atomic E-state index is 13.7. The van der Waals surface area contributed by atoms with E-state index in [1.54, 1.807) is 0 Å². The Hall–Kier alpha value is -3.39. The van der Waals surface area contributed by atoms with Crippen LogP contribution in [0.5, 0.6) is 5.75 Å². The van der Waals surface area contributed by atoms with Gasteiger partial charge in [-0.25, -0.2) is 0 Å². The third kappa shape index (κ3) is 3.50. The lowest BCUT2D eigenvalue weighted by Gasteiger charge is -2.52. The van der Waals surface area contributed by atoms with Crippen LogP contribution in [-0.2, 0) is 25.6 Å². The number of phenols is 1. The third-order valence-electron chi connectivity index (χ3n) is 7.36. The second-order valence-electron chi connectivity index (χ2n) is 9.72. The maximum absolute atomic E-state index is 13.7. The van der Waals surface area contributed by atoms with Crippen LogP contribution in [0.25, 0.3) is 0 Å². The molecule has 0 heterocycles. The summed E-state index contributed by atoms with van der Waals surface area (Å²) in [6.07, 6.45) is -0.858. The molecule has 0 saturated heterocycles. The minimum atomic E-state index is -2.75. The van der Waals surface area contributed by atoms with Gasteiger partial charge in [0.25, 0.3) is 0 Å². The first-order valence-electron chi connectivity index (χ1n) is 11.2. The number of primary amides is 1. The first-order valence-corrected chi connectivity index (χ1v) is 11.2. The van der Waals surface area contributed by atoms with Crippen LogP contribution in [0.15, 0.2) is 12.1 Å². The minimum Gasteiger partial charge on any atom is -0.507 e. The number of benzene rings is 1. The molecular weight excluding hydrogens is 456 g/mol. The molecule has 10 heteroatoms. The number of aromatic hydroxyl groups is 1. The van der Waals surface area contributed by atoms with Crippen LogP contribution in [0, 0.1) is 35.5 Å². The number of carbonyl (C=O) groups is 5. The van der Waals surface area contributed by atoms with Gasteiger partial charge < -0.3 is 21.1 Å². The normalized spacial score (nSPS) is 32.8. The Kier molecular flexibility index (Phi) is 5.92. The number of aliphatic hydroxyl groups is 2. The topological polar surface area (TPSA) is 175 Å². The van der Waals surface area contributed by atoms with Gasteiger partial charge in [0.15, 0.2) is 34.7 Å². The lowest BCUT2D eigenvalue weighted by molar-refractivity contribution is -0.181. The molecule has 1 aromatic rings. The number of rotatable bonds is 2. The summed E-state index contributed by atoms with van der Waals surface area (Å²) >= 11 is 0. The van der Waals surface area contributed by atoms with Crippen molar-refractivity contribution in [2.75, 3.05) is 14.1 Å². The number of phenolic OH excluding ortho intramolecular Hbond substituents is 1. The average molecular weight is 482 g/mol. The minimum absolute atomic E-state index is 0.0389. The second-order valence-corrected chi connectivity index (χ2v) is 9.72. The molecule has 5 N–H and O–H groups in total. The molecule has 3 aliphatic rings. The summed E-state index contributed by atoms with van der Waals surface area (Å²) in [6.45, 7) is 1.47. The number of hydrogen-bond donors (Lipinski definition) is 4. The second kappa shape index (κ2) is 8.37. The predicted octanol–water partition coefficient (Wildman–Crippen LogP) is -1.40. The smallest absolute Gasteiger partial charge is 0.235 e. The number of aliphatic hydroxyl groups excluding tert-OH is 1. The van der Waals surface area contributed by atoms with E-state index in [4.69, 9.17) is 5.73 Å². The summed E-state index contributed by atoms with van der Waals surface area (Å²) in [5.41, 5.74) is 3.20. The van der Waals surface area contributed by atoms with Gasteiger partial charge in [-0.2, -0.15) is 0 Å². The van der Waals surface area contributed by atoms with Gasteiger partial charge in [-0.15, -0.1) is 0 Å². The zero-order valence-corrected chi connectivity index (χ0v) is 19.4. The molecule has 2 fully saturated rings. The van der Waals surface area contributed by atoms with Crippen molar-refractivity contribution in [1.82, 2.24) is 4.90 Å². The monoisotopic (exact) mass is 482 g/mol. The van der Waals surface area contributed by atoms with Gasteiger partial charge in [0.05, 0.1) is 17.5 Å². The summed E-state index contributed by atoms with van der Waals surface area (Å²) < 4.78 is 0. The molecule has 4 rings (SSSR count). The van der Waals surface area contributed by atoms with Crippen molar-refractivity contribution in [3.05, 3.63) is 28.8 Å². The van der Waals surface area contributed by atoms with Crippen LogP contribution in [0.2, 0.25) is 0 Å². The fraction of sp³-hybridized carbons (Fsp3) is 0.480. The number of hydrogen-bond acceptors (Lipinski definition) is 9. The summed E-state index contributed by atoms with van der Waals surface area (Å²) in [4.78, 5) is 66.9. The van der Waals surface area contributed by atoms with Crippen molar-refractivity contribution in [1.29, 1.82) is 0 Å². The number of ketones is 4. The first kappa shape index (κ1) is 24.7. The van der Waals surface area contributed by atoms with Crippen molar-refractivity contribution in [3.8, 4) is 17.6 Å². The number of carbonyl (C=O) groups excluding carboxylic acids is 5. The summed E-state index contributed by atoms with van der Waals surface area (Å²) in [5, 5.41) is 31.5. The summed E-state index contributed by atoms with van der Waals surface area (Å²) in [5.74, 6) is -5.57. The van der Waals surface area contributed by atoms with Gasteiger partial charge in [0.1, 0.15) is 11.9 Å². The van der Waals surface area contributed by atoms with Gasteiger partial charge in [-0.05, 0) is 57.5 Å². The molecule has 10 nitrogen and oxygen atoms in total. The Morgan fingerprint density at radius 3 is 2.43 bits per heavy atom. The highest BCUT2D eigenvalue weighted by Gasteiger charge is 2.69. The molecule has 1 amide bonds.